The molecule has 98 valence electrons. The molecule has 0 spiro atoms. The predicted octanol–water partition coefficient (Wildman–Crippen LogP) is 0.954. The van der Waals surface area contributed by atoms with Crippen LogP contribution in [0, 0.1) is 5.92 Å². The summed E-state index contributed by atoms with van der Waals surface area (Å²) in [6.45, 7) is 6.27. The Balaban J connectivity index is 2.62. The van der Waals surface area contributed by atoms with Crippen LogP contribution in [0.25, 0.3) is 0 Å². The van der Waals surface area contributed by atoms with Crippen molar-refractivity contribution in [1.29, 1.82) is 0 Å². The summed E-state index contributed by atoms with van der Waals surface area (Å²) in [6, 6.07) is 0. The van der Waals surface area contributed by atoms with Gasteiger partial charge in [-0.25, -0.2) is 4.79 Å². The van der Waals surface area contributed by atoms with Crippen LogP contribution in [0.1, 0.15) is 20.8 Å². The highest BCUT2D eigenvalue weighted by atomic mass is 16.6. The normalized spacial score (nSPS) is 21.8. The van der Waals surface area contributed by atoms with E-state index in [1.54, 1.807) is 20.8 Å². The fourth-order valence-corrected chi connectivity index (χ4v) is 1.45. The Hall–Kier alpha value is -1.30. The standard InChI is InChI=1S/C11H19NO5/c1-11(2,3)17-10(15)12-4-5-16-7-8(6-12)9(13)14/h8H,4-7H2,1-3H3,(H,13,14)/t8-/m1/s1. The number of carboxylic acid groups (broad SMARTS) is 1. The molecule has 1 amide bonds. The number of nitrogens with zero attached hydrogens (tertiary/aromatic N) is 1. The third-order valence-corrected chi connectivity index (χ3v) is 2.27. The lowest BCUT2D eigenvalue weighted by molar-refractivity contribution is -0.143. The minimum Gasteiger partial charge on any atom is -0.481 e. The first-order valence-corrected chi connectivity index (χ1v) is 5.58. The number of amides is 1. The molecule has 6 heteroatoms. The van der Waals surface area contributed by atoms with Crippen LogP contribution in [-0.4, -0.2) is 54.0 Å². The number of rotatable bonds is 1. The molecule has 0 aromatic rings. The van der Waals surface area contributed by atoms with Crippen molar-refractivity contribution in [1.82, 2.24) is 4.90 Å². The lowest BCUT2D eigenvalue weighted by Crippen LogP contribution is -2.41. The fraction of sp³-hybridized carbons (Fsp3) is 0.818. The number of ether oxygens (including phenoxy) is 2. The monoisotopic (exact) mass is 245 g/mol. The Morgan fingerprint density at radius 2 is 2.06 bits per heavy atom. The molecule has 0 aromatic carbocycles. The van der Waals surface area contributed by atoms with Crippen LogP contribution in [0.3, 0.4) is 0 Å². The molecule has 1 heterocycles. The zero-order valence-electron chi connectivity index (χ0n) is 10.4. The first kappa shape index (κ1) is 13.8. The van der Waals surface area contributed by atoms with Crippen molar-refractivity contribution in [2.75, 3.05) is 26.3 Å². The maximum atomic E-state index is 11.8. The van der Waals surface area contributed by atoms with Gasteiger partial charge in [0, 0.05) is 13.1 Å². The molecule has 1 rings (SSSR count). The Kier molecular flexibility index (Phi) is 4.34. The van der Waals surface area contributed by atoms with E-state index in [0.717, 1.165) is 0 Å². The van der Waals surface area contributed by atoms with Crippen molar-refractivity contribution in [3.63, 3.8) is 0 Å². The third kappa shape index (κ3) is 4.60. The van der Waals surface area contributed by atoms with Gasteiger partial charge in [-0.3, -0.25) is 4.79 Å². The summed E-state index contributed by atoms with van der Waals surface area (Å²) < 4.78 is 10.3. The van der Waals surface area contributed by atoms with Crippen LogP contribution < -0.4 is 0 Å². The van der Waals surface area contributed by atoms with Gasteiger partial charge < -0.3 is 19.5 Å². The largest absolute Gasteiger partial charge is 0.481 e. The first-order chi connectivity index (χ1) is 7.79. The van der Waals surface area contributed by atoms with Crippen molar-refractivity contribution < 1.29 is 24.2 Å². The summed E-state index contributed by atoms with van der Waals surface area (Å²) in [4.78, 5) is 24.1. The van der Waals surface area contributed by atoms with E-state index in [1.807, 2.05) is 0 Å². The van der Waals surface area contributed by atoms with E-state index in [4.69, 9.17) is 14.6 Å². The second-order valence-electron chi connectivity index (χ2n) is 5.04. The fourth-order valence-electron chi connectivity index (χ4n) is 1.45. The average Bonchev–Trinajstić information content (AvgIpc) is 2.39. The third-order valence-electron chi connectivity index (χ3n) is 2.27. The van der Waals surface area contributed by atoms with Gasteiger partial charge in [-0.2, -0.15) is 0 Å². The number of carboxylic acids is 1. The Labute approximate surface area is 100 Å². The van der Waals surface area contributed by atoms with Gasteiger partial charge in [-0.15, -0.1) is 0 Å². The van der Waals surface area contributed by atoms with Crippen molar-refractivity contribution in [3.8, 4) is 0 Å². The van der Waals surface area contributed by atoms with E-state index < -0.39 is 23.6 Å². The van der Waals surface area contributed by atoms with E-state index in [0.29, 0.717) is 13.2 Å². The maximum absolute atomic E-state index is 11.8. The van der Waals surface area contributed by atoms with Crippen LogP contribution >= 0.6 is 0 Å². The second kappa shape index (κ2) is 5.35. The van der Waals surface area contributed by atoms with Crippen LogP contribution in [0.15, 0.2) is 0 Å². The number of carbonyl (C=O) groups excluding carboxylic acids is 1. The van der Waals surface area contributed by atoms with Gasteiger partial charge in [0.1, 0.15) is 5.60 Å². The summed E-state index contributed by atoms with van der Waals surface area (Å²) in [6.07, 6.45) is -0.491. The first-order valence-electron chi connectivity index (χ1n) is 5.58. The zero-order valence-corrected chi connectivity index (χ0v) is 10.4. The van der Waals surface area contributed by atoms with E-state index in [1.165, 1.54) is 4.90 Å². The van der Waals surface area contributed by atoms with Gasteiger partial charge in [0.05, 0.1) is 19.1 Å². The molecule has 0 aromatic heterocycles. The quantitative estimate of drug-likeness (QED) is 0.744. The van der Waals surface area contributed by atoms with Gasteiger partial charge in [0.25, 0.3) is 0 Å². The van der Waals surface area contributed by atoms with Crippen LogP contribution in [-0.2, 0) is 14.3 Å². The maximum Gasteiger partial charge on any atom is 0.410 e. The molecule has 1 aliphatic heterocycles. The molecule has 1 atom stereocenters. The van der Waals surface area contributed by atoms with Crippen molar-refractivity contribution in [3.05, 3.63) is 0 Å². The SMILES string of the molecule is CC(C)(C)OC(=O)N1CCOC[C@H](C(=O)O)C1. The molecule has 1 fully saturated rings. The molecular weight excluding hydrogens is 226 g/mol. The minimum absolute atomic E-state index is 0.129. The second-order valence-corrected chi connectivity index (χ2v) is 5.04. The van der Waals surface area contributed by atoms with E-state index in [9.17, 15) is 9.59 Å². The zero-order chi connectivity index (χ0) is 13.1. The highest BCUT2D eigenvalue weighted by Gasteiger charge is 2.29. The summed E-state index contributed by atoms with van der Waals surface area (Å²) >= 11 is 0. The number of hydrogen-bond donors (Lipinski definition) is 1. The Morgan fingerprint density at radius 3 is 2.59 bits per heavy atom. The molecule has 6 nitrogen and oxygen atoms in total. The van der Waals surface area contributed by atoms with Gasteiger partial charge in [0.2, 0.25) is 0 Å². The summed E-state index contributed by atoms with van der Waals surface area (Å²) in [7, 11) is 0. The van der Waals surface area contributed by atoms with Gasteiger partial charge in [-0.05, 0) is 20.8 Å². The van der Waals surface area contributed by atoms with Crippen molar-refractivity contribution in [2.24, 2.45) is 5.92 Å². The van der Waals surface area contributed by atoms with Crippen LogP contribution in [0.5, 0.6) is 0 Å². The van der Waals surface area contributed by atoms with E-state index >= 15 is 0 Å². The highest BCUT2D eigenvalue weighted by Crippen LogP contribution is 2.13. The Bertz CT molecular complexity index is 297. The Morgan fingerprint density at radius 1 is 1.41 bits per heavy atom. The van der Waals surface area contributed by atoms with Gasteiger partial charge in [-0.1, -0.05) is 0 Å². The smallest absolute Gasteiger partial charge is 0.410 e. The van der Waals surface area contributed by atoms with Crippen LogP contribution in [0.2, 0.25) is 0 Å². The molecule has 1 aliphatic rings. The van der Waals surface area contributed by atoms with Gasteiger partial charge >= 0.3 is 12.1 Å². The number of aliphatic carboxylic acids is 1. The summed E-state index contributed by atoms with van der Waals surface area (Å²) in [5.74, 6) is -1.65. The topological polar surface area (TPSA) is 76.1 Å². The molecule has 1 N–H and O–H groups in total. The molecule has 1 saturated heterocycles. The minimum atomic E-state index is -0.958. The van der Waals surface area contributed by atoms with Crippen LogP contribution in [0.4, 0.5) is 4.79 Å². The average molecular weight is 245 g/mol. The highest BCUT2D eigenvalue weighted by molar-refractivity contribution is 5.73. The lowest BCUT2D eigenvalue weighted by atomic mass is 10.1. The molecule has 0 bridgehead atoms. The van der Waals surface area contributed by atoms with Gasteiger partial charge in [0.15, 0.2) is 0 Å². The molecule has 0 radical (unpaired) electrons. The predicted molar refractivity (Wildman–Crippen MR) is 59.8 cm³/mol. The number of hydrogen-bond acceptors (Lipinski definition) is 4. The molecule has 0 aliphatic carbocycles. The molecule has 17 heavy (non-hydrogen) atoms. The molecule has 0 saturated carbocycles. The van der Waals surface area contributed by atoms with Crippen molar-refractivity contribution >= 4 is 12.1 Å². The summed E-state index contributed by atoms with van der Waals surface area (Å²) in [5, 5.41) is 8.94. The van der Waals surface area contributed by atoms with E-state index in [2.05, 4.69) is 0 Å². The molecular formula is C11H19NO5. The lowest BCUT2D eigenvalue weighted by Gasteiger charge is -2.26. The number of carbonyl (C=O) groups is 2. The summed E-state index contributed by atoms with van der Waals surface area (Å²) in [5.41, 5.74) is -0.580. The van der Waals surface area contributed by atoms with E-state index in [-0.39, 0.29) is 13.2 Å². The van der Waals surface area contributed by atoms with Crippen molar-refractivity contribution in [2.45, 2.75) is 26.4 Å². The molecule has 0 unspecified atom stereocenters.